The molecule has 1 aromatic carbocycles. The van der Waals surface area contributed by atoms with E-state index in [9.17, 15) is 4.79 Å². The molecule has 16 heavy (non-hydrogen) atoms. The van der Waals surface area contributed by atoms with Crippen molar-refractivity contribution in [3.8, 4) is 0 Å². The summed E-state index contributed by atoms with van der Waals surface area (Å²) in [7, 11) is 0. The van der Waals surface area contributed by atoms with Crippen molar-refractivity contribution in [1.29, 1.82) is 0 Å². The lowest BCUT2D eigenvalue weighted by Gasteiger charge is -2.17. The Morgan fingerprint density at radius 2 is 1.94 bits per heavy atom. The van der Waals surface area contributed by atoms with Crippen molar-refractivity contribution in [3.63, 3.8) is 0 Å². The van der Waals surface area contributed by atoms with Crippen LogP contribution < -0.4 is 5.32 Å². The number of rotatable bonds is 6. The Hall–Kier alpha value is -1.83. The molecule has 0 aliphatic carbocycles. The summed E-state index contributed by atoms with van der Waals surface area (Å²) in [6.45, 7) is 7.25. The van der Waals surface area contributed by atoms with Crippen LogP contribution in [0.2, 0.25) is 0 Å². The van der Waals surface area contributed by atoms with Gasteiger partial charge in [-0.25, -0.2) is 0 Å². The van der Waals surface area contributed by atoms with E-state index in [1.165, 1.54) is 0 Å². The average Bonchev–Trinajstić information content (AvgIpc) is 2.30. The molecule has 0 saturated carbocycles. The van der Waals surface area contributed by atoms with Crippen LogP contribution in [-0.2, 0) is 4.79 Å². The van der Waals surface area contributed by atoms with Crippen molar-refractivity contribution >= 4 is 5.91 Å². The van der Waals surface area contributed by atoms with E-state index in [-0.39, 0.29) is 11.9 Å². The second-order valence-electron chi connectivity index (χ2n) is 3.55. The van der Waals surface area contributed by atoms with Gasteiger partial charge in [-0.3, -0.25) is 4.79 Å². The SMILES string of the molecule is C=CCC(=O)N[C@H](CC=C)c1ccccc1. The molecule has 1 rings (SSSR count). The van der Waals surface area contributed by atoms with Crippen molar-refractivity contribution in [1.82, 2.24) is 5.32 Å². The molecule has 1 amide bonds. The third-order valence-electron chi connectivity index (χ3n) is 2.27. The molecule has 0 aliphatic heterocycles. The summed E-state index contributed by atoms with van der Waals surface area (Å²) in [5, 5.41) is 2.95. The first kappa shape index (κ1) is 12.2. The molecule has 0 unspecified atom stereocenters. The number of carbonyl (C=O) groups is 1. The zero-order valence-corrected chi connectivity index (χ0v) is 9.36. The number of nitrogens with one attached hydrogen (secondary N) is 1. The van der Waals surface area contributed by atoms with Gasteiger partial charge in [-0.2, -0.15) is 0 Å². The molecule has 2 heteroatoms. The predicted molar refractivity (Wildman–Crippen MR) is 67.0 cm³/mol. The molecule has 0 radical (unpaired) electrons. The van der Waals surface area contributed by atoms with Crippen LogP contribution in [0, 0.1) is 0 Å². The Labute approximate surface area is 96.7 Å². The standard InChI is InChI=1S/C14H17NO/c1-3-8-13(15-14(16)9-4-2)12-10-6-5-7-11-12/h3-7,10-11,13H,1-2,8-9H2,(H,15,16)/t13-/m1/s1. The van der Waals surface area contributed by atoms with Gasteiger partial charge in [0.25, 0.3) is 0 Å². The first-order valence-electron chi connectivity index (χ1n) is 5.34. The van der Waals surface area contributed by atoms with Gasteiger partial charge in [-0.1, -0.05) is 42.5 Å². The molecule has 0 aromatic heterocycles. The summed E-state index contributed by atoms with van der Waals surface area (Å²) in [4.78, 5) is 11.5. The minimum Gasteiger partial charge on any atom is -0.349 e. The molecule has 1 atom stereocenters. The first-order chi connectivity index (χ1) is 7.77. The van der Waals surface area contributed by atoms with Gasteiger partial charge in [0.1, 0.15) is 0 Å². The van der Waals surface area contributed by atoms with E-state index in [2.05, 4.69) is 18.5 Å². The zero-order chi connectivity index (χ0) is 11.8. The third kappa shape index (κ3) is 3.73. The van der Waals surface area contributed by atoms with Gasteiger partial charge >= 0.3 is 0 Å². The van der Waals surface area contributed by atoms with Gasteiger partial charge in [0.15, 0.2) is 0 Å². The Kier molecular flexibility index (Phi) is 5.06. The maximum absolute atomic E-state index is 11.5. The van der Waals surface area contributed by atoms with E-state index < -0.39 is 0 Å². The summed E-state index contributed by atoms with van der Waals surface area (Å²) in [5.74, 6) is -0.00861. The summed E-state index contributed by atoms with van der Waals surface area (Å²) in [5.41, 5.74) is 1.10. The number of benzene rings is 1. The lowest BCUT2D eigenvalue weighted by atomic mass is 10.0. The molecule has 0 saturated heterocycles. The second-order valence-corrected chi connectivity index (χ2v) is 3.55. The highest BCUT2D eigenvalue weighted by Gasteiger charge is 2.11. The summed E-state index contributed by atoms with van der Waals surface area (Å²) in [6.07, 6.45) is 4.49. The highest BCUT2D eigenvalue weighted by molar-refractivity contribution is 5.77. The molecule has 0 aliphatic rings. The summed E-state index contributed by atoms with van der Waals surface area (Å²) < 4.78 is 0. The van der Waals surface area contributed by atoms with Crippen LogP contribution in [0.25, 0.3) is 0 Å². The minimum absolute atomic E-state index is 0.00569. The summed E-state index contributed by atoms with van der Waals surface area (Å²) >= 11 is 0. The topological polar surface area (TPSA) is 29.1 Å². The fourth-order valence-electron chi connectivity index (χ4n) is 1.51. The molecule has 0 spiro atoms. The van der Waals surface area contributed by atoms with E-state index in [0.717, 1.165) is 12.0 Å². The van der Waals surface area contributed by atoms with Crippen molar-refractivity contribution in [3.05, 3.63) is 61.2 Å². The zero-order valence-electron chi connectivity index (χ0n) is 9.36. The third-order valence-corrected chi connectivity index (χ3v) is 2.27. The molecule has 84 valence electrons. The van der Waals surface area contributed by atoms with Gasteiger partial charge in [-0.05, 0) is 12.0 Å². The maximum atomic E-state index is 11.5. The van der Waals surface area contributed by atoms with Crippen LogP contribution >= 0.6 is 0 Å². The van der Waals surface area contributed by atoms with Crippen LogP contribution in [0.4, 0.5) is 0 Å². The van der Waals surface area contributed by atoms with E-state index in [1.807, 2.05) is 36.4 Å². The van der Waals surface area contributed by atoms with Gasteiger partial charge in [0.2, 0.25) is 5.91 Å². The molecular formula is C14H17NO. The van der Waals surface area contributed by atoms with Crippen LogP contribution in [0.15, 0.2) is 55.6 Å². The van der Waals surface area contributed by atoms with E-state index in [1.54, 1.807) is 6.08 Å². The van der Waals surface area contributed by atoms with Crippen molar-refractivity contribution in [2.24, 2.45) is 0 Å². The Bertz CT molecular complexity index is 356. The molecule has 2 nitrogen and oxygen atoms in total. The first-order valence-corrected chi connectivity index (χ1v) is 5.34. The normalized spacial score (nSPS) is 11.5. The largest absolute Gasteiger partial charge is 0.349 e. The van der Waals surface area contributed by atoms with Crippen molar-refractivity contribution < 1.29 is 4.79 Å². The highest BCUT2D eigenvalue weighted by Crippen LogP contribution is 2.16. The number of hydrogen-bond donors (Lipinski definition) is 1. The predicted octanol–water partition coefficient (Wildman–Crippen LogP) is 3.00. The molecule has 1 aromatic rings. The van der Waals surface area contributed by atoms with Gasteiger partial charge in [-0.15, -0.1) is 13.2 Å². The van der Waals surface area contributed by atoms with Gasteiger partial charge < -0.3 is 5.32 Å². The number of hydrogen-bond acceptors (Lipinski definition) is 1. The molecule has 1 N–H and O–H groups in total. The van der Waals surface area contributed by atoms with E-state index in [0.29, 0.717) is 6.42 Å². The van der Waals surface area contributed by atoms with Crippen molar-refractivity contribution in [2.45, 2.75) is 18.9 Å². The quantitative estimate of drug-likeness (QED) is 0.726. The lowest BCUT2D eigenvalue weighted by Crippen LogP contribution is -2.27. The molecule has 0 heterocycles. The Morgan fingerprint density at radius 1 is 1.25 bits per heavy atom. The number of carbonyl (C=O) groups excluding carboxylic acids is 1. The lowest BCUT2D eigenvalue weighted by molar-refractivity contribution is -0.121. The van der Waals surface area contributed by atoms with E-state index >= 15 is 0 Å². The van der Waals surface area contributed by atoms with Gasteiger partial charge in [0, 0.05) is 6.42 Å². The smallest absolute Gasteiger partial charge is 0.224 e. The van der Waals surface area contributed by atoms with Crippen LogP contribution in [-0.4, -0.2) is 5.91 Å². The monoisotopic (exact) mass is 215 g/mol. The average molecular weight is 215 g/mol. The van der Waals surface area contributed by atoms with Crippen LogP contribution in [0.3, 0.4) is 0 Å². The Morgan fingerprint density at radius 3 is 2.50 bits per heavy atom. The second kappa shape index (κ2) is 6.62. The van der Waals surface area contributed by atoms with Crippen molar-refractivity contribution in [2.75, 3.05) is 0 Å². The van der Waals surface area contributed by atoms with E-state index in [4.69, 9.17) is 0 Å². The fourth-order valence-corrected chi connectivity index (χ4v) is 1.51. The molecule has 0 bridgehead atoms. The molecular weight excluding hydrogens is 198 g/mol. The van der Waals surface area contributed by atoms with Gasteiger partial charge in [0.05, 0.1) is 6.04 Å². The highest BCUT2D eigenvalue weighted by atomic mass is 16.1. The minimum atomic E-state index is -0.00861. The Balaban J connectivity index is 2.71. The number of amides is 1. The van der Waals surface area contributed by atoms with Crippen LogP contribution in [0.5, 0.6) is 0 Å². The fraction of sp³-hybridized carbons (Fsp3) is 0.214. The molecule has 0 fully saturated rings. The maximum Gasteiger partial charge on any atom is 0.224 e. The van der Waals surface area contributed by atoms with Crippen LogP contribution in [0.1, 0.15) is 24.4 Å². The summed E-state index contributed by atoms with van der Waals surface area (Å²) in [6, 6.07) is 9.90.